The monoisotopic (exact) mass is 305 g/mol. The number of hydrogen-bond donors (Lipinski definition) is 1. The fraction of sp³-hybridized carbons (Fsp3) is 0.231. The SMILES string of the molecule is Cc1cc(C(N)c2cccc(C(F)(F)F)c2)sc1Cl. The summed E-state index contributed by atoms with van der Waals surface area (Å²) in [5.41, 5.74) is 6.60. The average molecular weight is 306 g/mol. The topological polar surface area (TPSA) is 26.0 Å². The molecular weight excluding hydrogens is 295 g/mol. The standard InChI is InChI=1S/C13H11ClF3NS/c1-7-5-10(19-12(7)14)11(18)8-3-2-4-9(6-8)13(15,16)17/h2-6,11H,18H2,1H3. The second-order valence-corrected chi connectivity index (χ2v) is 5.89. The van der Waals surface area contributed by atoms with Crippen molar-refractivity contribution in [1.29, 1.82) is 0 Å². The maximum absolute atomic E-state index is 12.6. The number of rotatable bonds is 2. The van der Waals surface area contributed by atoms with Crippen molar-refractivity contribution in [2.75, 3.05) is 0 Å². The second-order valence-electron chi connectivity index (χ2n) is 4.21. The smallest absolute Gasteiger partial charge is 0.320 e. The fourth-order valence-electron chi connectivity index (χ4n) is 1.71. The van der Waals surface area contributed by atoms with Gasteiger partial charge in [-0.3, -0.25) is 0 Å². The Bertz CT molecular complexity index is 572. The van der Waals surface area contributed by atoms with Gasteiger partial charge in [0.2, 0.25) is 0 Å². The van der Waals surface area contributed by atoms with Gasteiger partial charge in [-0.25, -0.2) is 0 Å². The quantitative estimate of drug-likeness (QED) is 0.849. The molecule has 1 unspecified atom stereocenters. The van der Waals surface area contributed by atoms with Crippen LogP contribution in [0.25, 0.3) is 0 Å². The maximum Gasteiger partial charge on any atom is 0.416 e. The van der Waals surface area contributed by atoms with Crippen LogP contribution in [0.3, 0.4) is 0 Å². The summed E-state index contributed by atoms with van der Waals surface area (Å²) in [5, 5.41) is 0. The maximum atomic E-state index is 12.6. The highest BCUT2D eigenvalue weighted by Crippen LogP contribution is 2.35. The number of hydrogen-bond acceptors (Lipinski definition) is 2. The van der Waals surface area contributed by atoms with Crippen LogP contribution in [-0.2, 0) is 6.18 Å². The molecule has 1 aromatic heterocycles. The summed E-state index contributed by atoms with van der Waals surface area (Å²) in [6.07, 6.45) is -4.36. The molecule has 1 aromatic carbocycles. The van der Waals surface area contributed by atoms with Crippen molar-refractivity contribution in [3.8, 4) is 0 Å². The largest absolute Gasteiger partial charge is 0.416 e. The third kappa shape index (κ3) is 3.11. The molecule has 0 fully saturated rings. The first-order valence-electron chi connectivity index (χ1n) is 5.47. The molecule has 2 aromatic rings. The molecule has 1 atom stereocenters. The zero-order valence-electron chi connectivity index (χ0n) is 9.96. The van der Waals surface area contributed by atoms with Gasteiger partial charge in [0.15, 0.2) is 0 Å². The van der Waals surface area contributed by atoms with Gasteiger partial charge in [-0.2, -0.15) is 13.2 Å². The Morgan fingerprint density at radius 2 is 1.95 bits per heavy atom. The molecule has 1 nitrogen and oxygen atoms in total. The van der Waals surface area contributed by atoms with E-state index in [1.54, 1.807) is 12.1 Å². The van der Waals surface area contributed by atoms with Gasteiger partial charge in [0.05, 0.1) is 15.9 Å². The van der Waals surface area contributed by atoms with E-state index in [0.717, 1.165) is 22.6 Å². The van der Waals surface area contributed by atoms with E-state index in [0.29, 0.717) is 9.90 Å². The van der Waals surface area contributed by atoms with Crippen LogP contribution in [0.5, 0.6) is 0 Å². The molecular formula is C13H11ClF3NS. The molecule has 0 amide bonds. The molecule has 0 aliphatic carbocycles. The molecule has 0 aliphatic rings. The van der Waals surface area contributed by atoms with E-state index in [1.807, 2.05) is 6.92 Å². The van der Waals surface area contributed by atoms with Crippen molar-refractivity contribution < 1.29 is 13.2 Å². The first-order chi connectivity index (χ1) is 8.79. The Balaban J connectivity index is 2.36. The van der Waals surface area contributed by atoms with Gasteiger partial charge < -0.3 is 5.73 Å². The molecule has 6 heteroatoms. The van der Waals surface area contributed by atoms with Crippen LogP contribution in [0.2, 0.25) is 4.34 Å². The van der Waals surface area contributed by atoms with Crippen LogP contribution in [0.1, 0.15) is 27.6 Å². The normalized spacial score (nSPS) is 13.6. The van der Waals surface area contributed by atoms with E-state index in [2.05, 4.69) is 0 Å². The molecule has 0 aliphatic heterocycles. The van der Waals surface area contributed by atoms with Gasteiger partial charge in [-0.15, -0.1) is 11.3 Å². The van der Waals surface area contributed by atoms with Gasteiger partial charge in [-0.1, -0.05) is 23.7 Å². The number of alkyl halides is 3. The summed E-state index contributed by atoms with van der Waals surface area (Å²) in [7, 11) is 0. The molecule has 2 N–H and O–H groups in total. The zero-order valence-corrected chi connectivity index (χ0v) is 11.5. The van der Waals surface area contributed by atoms with Gasteiger partial charge in [0, 0.05) is 4.88 Å². The fourth-order valence-corrected chi connectivity index (χ4v) is 2.96. The van der Waals surface area contributed by atoms with Gasteiger partial charge in [0.1, 0.15) is 0 Å². The van der Waals surface area contributed by atoms with Crippen molar-refractivity contribution in [1.82, 2.24) is 0 Å². The molecule has 102 valence electrons. The highest BCUT2D eigenvalue weighted by Gasteiger charge is 2.31. The van der Waals surface area contributed by atoms with Crippen LogP contribution < -0.4 is 5.73 Å². The second kappa shape index (κ2) is 5.15. The third-order valence-electron chi connectivity index (χ3n) is 2.76. The summed E-state index contributed by atoms with van der Waals surface area (Å²) in [6.45, 7) is 1.83. The number of thiophene rings is 1. The molecule has 0 saturated carbocycles. The number of benzene rings is 1. The van der Waals surface area contributed by atoms with E-state index < -0.39 is 17.8 Å². The first kappa shape index (κ1) is 14.4. The number of nitrogens with two attached hydrogens (primary N) is 1. The van der Waals surface area contributed by atoms with Crippen molar-refractivity contribution in [2.45, 2.75) is 19.1 Å². The molecule has 19 heavy (non-hydrogen) atoms. The van der Waals surface area contributed by atoms with E-state index in [1.165, 1.54) is 17.4 Å². The lowest BCUT2D eigenvalue weighted by molar-refractivity contribution is -0.137. The lowest BCUT2D eigenvalue weighted by Gasteiger charge is -2.13. The van der Waals surface area contributed by atoms with Gasteiger partial charge in [0.25, 0.3) is 0 Å². The van der Waals surface area contributed by atoms with Crippen LogP contribution in [0, 0.1) is 6.92 Å². The Labute approximate surface area is 117 Å². The summed E-state index contributed by atoms with van der Waals surface area (Å²) >= 11 is 7.24. The summed E-state index contributed by atoms with van der Waals surface area (Å²) in [6, 6.07) is 6.26. The molecule has 0 bridgehead atoms. The summed E-state index contributed by atoms with van der Waals surface area (Å²) in [4.78, 5) is 0.752. The Morgan fingerprint density at radius 3 is 2.47 bits per heavy atom. The lowest BCUT2D eigenvalue weighted by atomic mass is 10.0. The minimum Gasteiger partial charge on any atom is -0.320 e. The Hall–Kier alpha value is -1.04. The third-order valence-corrected chi connectivity index (χ3v) is 4.39. The van der Waals surface area contributed by atoms with Crippen molar-refractivity contribution in [2.24, 2.45) is 5.73 Å². The predicted octanol–water partition coefficient (Wildman–Crippen LogP) is 4.78. The first-order valence-corrected chi connectivity index (χ1v) is 6.67. The van der Waals surface area contributed by atoms with Gasteiger partial charge >= 0.3 is 6.18 Å². The molecule has 0 saturated heterocycles. The van der Waals surface area contributed by atoms with Crippen LogP contribution in [0.4, 0.5) is 13.2 Å². The van der Waals surface area contributed by atoms with E-state index >= 15 is 0 Å². The molecule has 1 heterocycles. The van der Waals surface area contributed by atoms with Crippen molar-refractivity contribution in [3.05, 3.63) is 56.2 Å². The number of aryl methyl sites for hydroxylation is 1. The van der Waals surface area contributed by atoms with Gasteiger partial charge in [-0.05, 0) is 36.2 Å². The minimum absolute atomic E-state index is 0.424. The van der Waals surface area contributed by atoms with E-state index in [-0.39, 0.29) is 0 Å². The lowest BCUT2D eigenvalue weighted by Crippen LogP contribution is -2.12. The zero-order chi connectivity index (χ0) is 14.2. The van der Waals surface area contributed by atoms with Crippen molar-refractivity contribution >= 4 is 22.9 Å². The molecule has 2 rings (SSSR count). The average Bonchev–Trinajstić information content (AvgIpc) is 2.68. The Morgan fingerprint density at radius 1 is 1.26 bits per heavy atom. The van der Waals surface area contributed by atoms with E-state index in [4.69, 9.17) is 17.3 Å². The van der Waals surface area contributed by atoms with Crippen LogP contribution in [0.15, 0.2) is 30.3 Å². The molecule has 0 spiro atoms. The minimum atomic E-state index is -4.36. The highest BCUT2D eigenvalue weighted by atomic mass is 35.5. The van der Waals surface area contributed by atoms with Crippen LogP contribution in [-0.4, -0.2) is 0 Å². The Kier molecular flexibility index (Phi) is 3.90. The molecule has 0 radical (unpaired) electrons. The van der Waals surface area contributed by atoms with E-state index in [9.17, 15) is 13.2 Å². The van der Waals surface area contributed by atoms with Crippen molar-refractivity contribution in [3.63, 3.8) is 0 Å². The summed E-state index contributed by atoms with van der Waals surface area (Å²) in [5.74, 6) is 0. The van der Waals surface area contributed by atoms with Crippen LogP contribution >= 0.6 is 22.9 Å². The highest BCUT2D eigenvalue weighted by molar-refractivity contribution is 7.16. The number of halogens is 4. The summed E-state index contributed by atoms with van der Waals surface area (Å²) < 4.78 is 38.5. The predicted molar refractivity (Wildman–Crippen MR) is 71.5 cm³/mol.